The Labute approximate surface area is 81.5 Å². The lowest BCUT2D eigenvalue weighted by Crippen LogP contribution is -2.39. The van der Waals surface area contributed by atoms with Gasteiger partial charge in [0.25, 0.3) is 0 Å². The first-order valence-electron chi connectivity index (χ1n) is 4.42. The number of hydrogen-bond donors (Lipinski definition) is 2. The number of phenolic OH excluding ortho intramolecular Hbond substituents is 1. The summed E-state index contributed by atoms with van der Waals surface area (Å²) in [6.45, 7) is 0.507. The number of para-hydroxylation sites is 1. The molecule has 74 valence electrons. The van der Waals surface area contributed by atoms with Crippen LogP contribution in [-0.2, 0) is 9.53 Å². The number of nitrogens with one attached hydrogen (secondary N) is 1. The number of rotatable bonds is 1. The molecule has 4 nitrogen and oxygen atoms in total. The summed E-state index contributed by atoms with van der Waals surface area (Å²) >= 11 is 0. The third-order valence-electron chi connectivity index (χ3n) is 2.17. The Balaban J connectivity index is 2.22. The summed E-state index contributed by atoms with van der Waals surface area (Å²) in [4.78, 5) is 11.0. The number of hydrogen-bond acceptors (Lipinski definition) is 3. The number of benzene rings is 1. The van der Waals surface area contributed by atoms with Crippen LogP contribution in [0.5, 0.6) is 5.75 Å². The number of carbonyl (C=O) groups is 1. The predicted octanol–water partition coefficient (Wildman–Crippen LogP) is 0.580. The van der Waals surface area contributed by atoms with E-state index in [0.717, 1.165) is 0 Å². The molecule has 1 atom stereocenters. The van der Waals surface area contributed by atoms with Crippen LogP contribution in [0.4, 0.5) is 0 Å². The van der Waals surface area contributed by atoms with Gasteiger partial charge in [-0.05, 0) is 6.07 Å². The fraction of sp³-hybridized carbons (Fsp3) is 0.300. The SMILES string of the molecule is O=C1COC[C@H](c2ccccc2O)N1. The number of phenols is 1. The van der Waals surface area contributed by atoms with E-state index in [1.165, 1.54) is 0 Å². The number of aromatic hydroxyl groups is 1. The summed E-state index contributed by atoms with van der Waals surface area (Å²) in [5.74, 6) is 0.0350. The number of amides is 1. The fourth-order valence-electron chi connectivity index (χ4n) is 1.50. The Morgan fingerprint density at radius 1 is 1.43 bits per heavy atom. The molecule has 1 aromatic rings. The molecule has 1 amide bonds. The highest BCUT2D eigenvalue weighted by Gasteiger charge is 2.21. The van der Waals surface area contributed by atoms with E-state index >= 15 is 0 Å². The van der Waals surface area contributed by atoms with E-state index in [4.69, 9.17) is 4.74 Å². The first-order valence-corrected chi connectivity index (χ1v) is 4.42. The van der Waals surface area contributed by atoms with Crippen LogP contribution in [0.25, 0.3) is 0 Å². The van der Waals surface area contributed by atoms with Crippen molar-refractivity contribution in [3.05, 3.63) is 29.8 Å². The highest BCUT2D eigenvalue weighted by Crippen LogP contribution is 2.24. The molecular formula is C10H11NO3. The lowest BCUT2D eigenvalue weighted by Gasteiger charge is -2.24. The van der Waals surface area contributed by atoms with Crippen molar-refractivity contribution >= 4 is 5.91 Å². The van der Waals surface area contributed by atoms with Crippen molar-refractivity contribution in [2.75, 3.05) is 13.2 Å². The van der Waals surface area contributed by atoms with E-state index in [-0.39, 0.29) is 24.3 Å². The molecule has 0 saturated carbocycles. The summed E-state index contributed by atoms with van der Waals surface area (Å²) < 4.78 is 5.08. The van der Waals surface area contributed by atoms with Gasteiger partial charge < -0.3 is 15.2 Å². The molecule has 1 aliphatic rings. The molecule has 1 saturated heterocycles. The van der Waals surface area contributed by atoms with E-state index in [9.17, 15) is 9.90 Å². The van der Waals surface area contributed by atoms with E-state index in [0.29, 0.717) is 12.2 Å². The van der Waals surface area contributed by atoms with Crippen molar-refractivity contribution < 1.29 is 14.6 Å². The Bertz CT molecular complexity index is 351. The molecule has 0 aliphatic carbocycles. The lowest BCUT2D eigenvalue weighted by molar-refractivity contribution is -0.131. The van der Waals surface area contributed by atoms with Gasteiger partial charge in [-0.3, -0.25) is 4.79 Å². The molecule has 1 fully saturated rings. The summed E-state index contributed by atoms with van der Waals surface area (Å²) in [6, 6.07) is 6.68. The molecule has 1 heterocycles. The zero-order chi connectivity index (χ0) is 9.97. The number of morpholine rings is 1. The maximum atomic E-state index is 11.0. The molecule has 1 aromatic carbocycles. The molecule has 2 rings (SSSR count). The highest BCUT2D eigenvalue weighted by atomic mass is 16.5. The van der Waals surface area contributed by atoms with Crippen LogP contribution >= 0.6 is 0 Å². The smallest absolute Gasteiger partial charge is 0.246 e. The molecule has 2 N–H and O–H groups in total. The summed E-state index contributed by atoms with van der Waals surface area (Å²) in [5.41, 5.74) is 0.695. The predicted molar refractivity (Wildman–Crippen MR) is 49.8 cm³/mol. The van der Waals surface area contributed by atoms with Gasteiger partial charge >= 0.3 is 0 Å². The Morgan fingerprint density at radius 3 is 2.93 bits per heavy atom. The van der Waals surface area contributed by atoms with E-state index < -0.39 is 0 Å². The molecule has 1 aliphatic heterocycles. The van der Waals surface area contributed by atoms with Gasteiger partial charge in [0.1, 0.15) is 12.4 Å². The van der Waals surface area contributed by atoms with Gasteiger partial charge in [-0.25, -0.2) is 0 Å². The van der Waals surface area contributed by atoms with Crippen molar-refractivity contribution in [1.82, 2.24) is 5.32 Å². The molecule has 0 spiro atoms. The van der Waals surface area contributed by atoms with Crippen molar-refractivity contribution in [1.29, 1.82) is 0 Å². The van der Waals surface area contributed by atoms with E-state index in [1.54, 1.807) is 18.2 Å². The van der Waals surface area contributed by atoms with Crippen molar-refractivity contribution in [3.63, 3.8) is 0 Å². The fourth-order valence-corrected chi connectivity index (χ4v) is 1.50. The zero-order valence-corrected chi connectivity index (χ0v) is 7.56. The average Bonchev–Trinajstić information content (AvgIpc) is 2.18. The van der Waals surface area contributed by atoms with E-state index in [2.05, 4.69) is 5.32 Å². The molecule has 0 bridgehead atoms. The third-order valence-corrected chi connectivity index (χ3v) is 2.17. The molecule has 0 radical (unpaired) electrons. The summed E-state index contributed by atoms with van der Waals surface area (Å²) in [6.07, 6.45) is 0. The quantitative estimate of drug-likeness (QED) is 0.685. The van der Waals surface area contributed by atoms with Crippen LogP contribution in [0.2, 0.25) is 0 Å². The highest BCUT2D eigenvalue weighted by molar-refractivity contribution is 5.78. The van der Waals surface area contributed by atoms with Crippen LogP contribution in [0, 0.1) is 0 Å². The minimum absolute atomic E-state index is 0.101. The first-order chi connectivity index (χ1) is 6.77. The lowest BCUT2D eigenvalue weighted by atomic mass is 10.1. The molecule has 0 aromatic heterocycles. The normalized spacial score (nSPS) is 21.7. The Hall–Kier alpha value is -1.55. The van der Waals surface area contributed by atoms with Gasteiger partial charge in [-0.1, -0.05) is 18.2 Å². The van der Waals surface area contributed by atoms with Gasteiger partial charge in [0, 0.05) is 5.56 Å². The standard InChI is InChI=1S/C10H11NO3/c12-9-4-2-1-3-7(9)8-5-14-6-10(13)11-8/h1-4,8,12H,5-6H2,(H,11,13)/t8-/m1/s1. The average molecular weight is 193 g/mol. The van der Waals surface area contributed by atoms with E-state index in [1.807, 2.05) is 6.07 Å². The number of ether oxygens (including phenoxy) is 1. The van der Waals surface area contributed by atoms with Crippen molar-refractivity contribution in [2.24, 2.45) is 0 Å². The van der Waals surface area contributed by atoms with Crippen LogP contribution in [0.1, 0.15) is 11.6 Å². The van der Waals surface area contributed by atoms with Crippen molar-refractivity contribution in [3.8, 4) is 5.75 Å². The monoisotopic (exact) mass is 193 g/mol. The van der Waals surface area contributed by atoms with Gasteiger partial charge in [-0.15, -0.1) is 0 Å². The van der Waals surface area contributed by atoms with Crippen LogP contribution in [0.15, 0.2) is 24.3 Å². The Morgan fingerprint density at radius 2 is 2.21 bits per heavy atom. The molecule has 0 unspecified atom stereocenters. The molecule has 4 heteroatoms. The second kappa shape index (κ2) is 3.67. The second-order valence-corrected chi connectivity index (χ2v) is 3.19. The van der Waals surface area contributed by atoms with Gasteiger partial charge in [-0.2, -0.15) is 0 Å². The Kier molecular flexibility index (Phi) is 2.37. The van der Waals surface area contributed by atoms with Gasteiger partial charge in [0.05, 0.1) is 12.6 Å². The first kappa shape index (κ1) is 9.02. The molecular weight excluding hydrogens is 182 g/mol. The van der Waals surface area contributed by atoms with Crippen LogP contribution in [0.3, 0.4) is 0 Å². The number of carbonyl (C=O) groups excluding carboxylic acids is 1. The minimum Gasteiger partial charge on any atom is -0.508 e. The maximum Gasteiger partial charge on any atom is 0.246 e. The summed E-state index contributed by atoms with van der Waals surface area (Å²) in [5, 5.41) is 12.3. The summed E-state index contributed by atoms with van der Waals surface area (Å²) in [7, 11) is 0. The topological polar surface area (TPSA) is 58.6 Å². The third kappa shape index (κ3) is 1.70. The zero-order valence-electron chi connectivity index (χ0n) is 7.56. The largest absolute Gasteiger partial charge is 0.508 e. The molecule has 14 heavy (non-hydrogen) atoms. The van der Waals surface area contributed by atoms with Crippen molar-refractivity contribution in [2.45, 2.75) is 6.04 Å². The minimum atomic E-state index is -0.238. The van der Waals surface area contributed by atoms with Crippen LogP contribution in [-0.4, -0.2) is 24.2 Å². The maximum absolute atomic E-state index is 11.0. The van der Waals surface area contributed by atoms with Gasteiger partial charge in [0.2, 0.25) is 5.91 Å². The second-order valence-electron chi connectivity index (χ2n) is 3.19. The van der Waals surface area contributed by atoms with Gasteiger partial charge in [0.15, 0.2) is 0 Å². The van der Waals surface area contributed by atoms with Crippen LogP contribution < -0.4 is 5.32 Å².